The van der Waals surface area contributed by atoms with Crippen LogP contribution in [0, 0.1) is 17.2 Å². The van der Waals surface area contributed by atoms with E-state index in [9.17, 15) is 10.1 Å². The molecule has 0 saturated carbocycles. The molecule has 4 rings (SSSR count). The lowest BCUT2D eigenvalue weighted by molar-refractivity contribution is -0.130. The number of likely N-dealkylation sites (tertiary alicyclic amines) is 1. The van der Waals surface area contributed by atoms with E-state index in [-0.39, 0.29) is 5.91 Å². The van der Waals surface area contributed by atoms with Crippen molar-refractivity contribution in [2.24, 2.45) is 5.92 Å². The van der Waals surface area contributed by atoms with Crippen LogP contribution < -0.4 is 9.64 Å². The summed E-state index contributed by atoms with van der Waals surface area (Å²) in [5, 5.41) is 13.8. The molecule has 32 heavy (non-hydrogen) atoms. The highest BCUT2D eigenvalue weighted by Crippen LogP contribution is 2.31. The second-order valence-corrected chi connectivity index (χ2v) is 8.24. The van der Waals surface area contributed by atoms with Gasteiger partial charge in [0.2, 0.25) is 5.91 Å². The summed E-state index contributed by atoms with van der Waals surface area (Å²) in [6.45, 7) is 6.63. The molecule has 1 atom stereocenters. The summed E-state index contributed by atoms with van der Waals surface area (Å²) in [5.41, 5.74) is 3.00. The number of anilines is 1. The minimum Gasteiger partial charge on any atom is -0.492 e. The molecule has 1 amide bonds. The maximum Gasteiger partial charge on any atom is 0.219 e. The largest absolute Gasteiger partial charge is 0.492 e. The molecule has 1 unspecified atom stereocenters. The van der Waals surface area contributed by atoms with Crippen LogP contribution in [-0.4, -0.2) is 58.7 Å². The van der Waals surface area contributed by atoms with Gasteiger partial charge in [0, 0.05) is 50.9 Å². The minimum absolute atomic E-state index is 0.150. The first-order valence-corrected chi connectivity index (χ1v) is 11.0. The minimum atomic E-state index is 0.150. The summed E-state index contributed by atoms with van der Waals surface area (Å²) < 4.78 is 7.37. The molecule has 0 aromatic carbocycles. The lowest BCUT2D eigenvalue weighted by Gasteiger charge is -2.34. The zero-order valence-corrected chi connectivity index (χ0v) is 18.8. The van der Waals surface area contributed by atoms with E-state index >= 15 is 0 Å². The van der Waals surface area contributed by atoms with Crippen LogP contribution in [0.4, 0.5) is 5.82 Å². The van der Waals surface area contributed by atoms with Gasteiger partial charge in [-0.1, -0.05) is 0 Å². The maximum absolute atomic E-state index is 11.7. The van der Waals surface area contributed by atoms with Crippen molar-refractivity contribution in [1.29, 1.82) is 5.26 Å². The fourth-order valence-electron chi connectivity index (χ4n) is 4.40. The van der Waals surface area contributed by atoms with Crippen LogP contribution in [0.15, 0.2) is 36.8 Å². The third-order valence-corrected chi connectivity index (χ3v) is 5.96. The number of amides is 1. The molecule has 1 fully saturated rings. The Kier molecular flexibility index (Phi) is 6.26. The Bertz CT molecular complexity index is 1150. The molecule has 3 aromatic rings. The van der Waals surface area contributed by atoms with Crippen LogP contribution in [0.3, 0.4) is 0 Å². The van der Waals surface area contributed by atoms with Gasteiger partial charge >= 0.3 is 0 Å². The summed E-state index contributed by atoms with van der Waals surface area (Å²) in [6, 6.07) is 8.16. The van der Waals surface area contributed by atoms with E-state index in [1.54, 1.807) is 23.8 Å². The normalized spacial score (nSPS) is 16.1. The number of hydrogen-bond acceptors (Lipinski definition) is 6. The Morgan fingerprint density at radius 1 is 1.38 bits per heavy atom. The van der Waals surface area contributed by atoms with Crippen molar-refractivity contribution in [2.45, 2.75) is 26.7 Å². The Labute approximate surface area is 188 Å². The van der Waals surface area contributed by atoms with Gasteiger partial charge in [-0.3, -0.25) is 4.79 Å². The molecule has 4 heterocycles. The molecule has 3 aromatic heterocycles. The Morgan fingerprint density at radius 3 is 2.91 bits per heavy atom. The van der Waals surface area contributed by atoms with Crippen molar-refractivity contribution in [2.75, 3.05) is 38.2 Å². The van der Waals surface area contributed by atoms with Crippen molar-refractivity contribution in [3.8, 4) is 22.9 Å². The Morgan fingerprint density at radius 2 is 2.22 bits per heavy atom. The van der Waals surface area contributed by atoms with Crippen LogP contribution in [-0.2, 0) is 4.79 Å². The molecule has 0 aliphatic carbocycles. The zero-order valence-electron chi connectivity index (χ0n) is 18.8. The highest BCUT2D eigenvalue weighted by Gasteiger charge is 2.23. The van der Waals surface area contributed by atoms with Crippen LogP contribution in [0.25, 0.3) is 16.6 Å². The summed E-state index contributed by atoms with van der Waals surface area (Å²) in [4.78, 5) is 20.5. The first-order valence-electron chi connectivity index (χ1n) is 11.0. The standard InChI is InChI=1S/C24H28N6O2/c1-4-32-21-10-22(24-20(11-25)13-27-30(24)16-21)19-7-8-23(26-12-19)28(3)14-18-6-5-9-29(15-18)17(2)31/h7-8,10,12-13,16,18H,4-6,9,14-15H2,1-3H3. The first kappa shape index (κ1) is 21.6. The monoisotopic (exact) mass is 432 g/mol. The summed E-state index contributed by atoms with van der Waals surface area (Å²) >= 11 is 0. The third kappa shape index (κ3) is 4.37. The van der Waals surface area contributed by atoms with E-state index < -0.39 is 0 Å². The van der Waals surface area contributed by atoms with E-state index in [2.05, 4.69) is 21.1 Å². The van der Waals surface area contributed by atoms with Crippen molar-refractivity contribution in [1.82, 2.24) is 19.5 Å². The van der Waals surface area contributed by atoms with E-state index in [0.717, 1.165) is 54.9 Å². The number of carbonyl (C=O) groups is 1. The Balaban J connectivity index is 1.57. The zero-order chi connectivity index (χ0) is 22.7. The fraction of sp³-hybridized carbons (Fsp3) is 0.417. The van der Waals surface area contributed by atoms with Crippen LogP contribution in [0.1, 0.15) is 32.3 Å². The summed E-state index contributed by atoms with van der Waals surface area (Å²) in [7, 11) is 2.04. The van der Waals surface area contributed by atoms with Gasteiger partial charge in [0.25, 0.3) is 0 Å². The number of fused-ring (bicyclic) bond motifs is 1. The van der Waals surface area contributed by atoms with Gasteiger partial charge < -0.3 is 14.5 Å². The third-order valence-electron chi connectivity index (χ3n) is 5.96. The predicted octanol–water partition coefficient (Wildman–Crippen LogP) is 3.36. The Hall–Kier alpha value is -3.60. The van der Waals surface area contributed by atoms with Gasteiger partial charge in [-0.25, -0.2) is 9.50 Å². The van der Waals surface area contributed by atoms with Crippen molar-refractivity contribution in [3.63, 3.8) is 0 Å². The van der Waals surface area contributed by atoms with Gasteiger partial charge in [-0.2, -0.15) is 10.4 Å². The van der Waals surface area contributed by atoms with E-state index in [4.69, 9.17) is 4.74 Å². The topological polar surface area (TPSA) is 86.8 Å². The van der Waals surface area contributed by atoms with E-state index in [1.165, 1.54) is 0 Å². The van der Waals surface area contributed by atoms with Gasteiger partial charge in [0.05, 0.1) is 30.1 Å². The van der Waals surface area contributed by atoms with Crippen molar-refractivity contribution >= 4 is 17.2 Å². The summed E-state index contributed by atoms with van der Waals surface area (Å²) in [6.07, 6.45) is 7.34. The average molecular weight is 433 g/mol. The highest BCUT2D eigenvalue weighted by atomic mass is 16.5. The fourth-order valence-corrected chi connectivity index (χ4v) is 4.40. The van der Waals surface area contributed by atoms with Crippen LogP contribution >= 0.6 is 0 Å². The number of ether oxygens (including phenoxy) is 1. The molecule has 0 spiro atoms. The van der Waals surface area contributed by atoms with Gasteiger partial charge in [0.15, 0.2) is 0 Å². The molecule has 166 valence electrons. The van der Waals surface area contributed by atoms with Gasteiger partial charge in [-0.05, 0) is 43.9 Å². The van der Waals surface area contributed by atoms with Crippen LogP contribution in [0.2, 0.25) is 0 Å². The smallest absolute Gasteiger partial charge is 0.219 e. The van der Waals surface area contributed by atoms with Gasteiger partial charge in [-0.15, -0.1) is 0 Å². The maximum atomic E-state index is 11.7. The number of hydrogen-bond donors (Lipinski definition) is 0. The average Bonchev–Trinajstić information content (AvgIpc) is 3.22. The predicted molar refractivity (Wildman–Crippen MR) is 123 cm³/mol. The number of aromatic nitrogens is 3. The molecule has 0 bridgehead atoms. The molecule has 1 aliphatic heterocycles. The second kappa shape index (κ2) is 9.27. The molecule has 1 saturated heterocycles. The second-order valence-electron chi connectivity index (χ2n) is 8.24. The van der Waals surface area contributed by atoms with E-state index in [1.807, 2.05) is 43.3 Å². The molecular formula is C24H28N6O2. The van der Waals surface area contributed by atoms with Gasteiger partial charge in [0.1, 0.15) is 17.6 Å². The lowest BCUT2D eigenvalue weighted by Crippen LogP contribution is -2.42. The van der Waals surface area contributed by atoms with Crippen molar-refractivity contribution < 1.29 is 9.53 Å². The number of nitrogens with zero attached hydrogens (tertiary/aromatic N) is 6. The quantitative estimate of drug-likeness (QED) is 0.594. The number of rotatable bonds is 6. The van der Waals surface area contributed by atoms with Crippen molar-refractivity contribution in [3.05, 3.63) is 42.4 Å². The highest BCUT2D eigenvalue weighted by molar-refractivity contribution is 5.85. The number of carbonyl (C=O) groups excluding carboxylic acids is 1. The number of piperidine rings is 1. The molecular weight excluding hydrogens is 404 g/mol. The number of nitriles is 1. The summed E-state index contributed by atoms with van der Waals surface area (Å²) in [5.74, 6) is 2.15. The van der Waals surface area contributed by atoms with E-state index in [0.29, 0.717) is 23.8 Å². The molecule has 8 heteroatoms. The lowest BCUT2D eigenvalue weighted by atomic mass is 9.97. The molecule has 1 aliphatic rings. The first-order chi connectivity index (χ1) is 15.5. The SMILES string of the molecule is CCOc1cc(-c2ccc(N(C)CC3CCCN(C(C)=O)C3)nc2)c2c(C#N)cnn2c1. The number of pyridine rings is 2. The van der Waals surface area contributed by atoms with Crippen LogP contribution in [0.5, 0.6) is 5.75 Å². The molecule has 8 nitrogen and oxygen atoms in total. The molecule has 0 radical (unpaired) electrons. The molecule has 0 N–H and O–H groups in total.